The molecule has 0 aliphatic rings. The predicted octanol–water partition coefficient (Wildman–Crippen LogP) is 3.34. The molecule has 2 rings (SSSR count). The summed E-state index contributed by atoms with van der Waals surface area (Å²) in [6.45, 7) is 2.81. The molecule has 0 bridgehead atoms. The van der Waals surface area contributed by atoms with Gasteiger partial charge < -0.3 is 5.73 Å². The summed E-state index contributed by atoms with van der Waals surface area (Å²) in [7, 11) is 0. The first-order valence-corrected chi connectivity index (χ1v) is 6.11. The van der Waals surface area contributed by atoms with Crippen molar-refractivity contribution in [3.63, 3.8) is 0 Å². The highest BCUT2D eigenvalue weighted by Gasteiger charge is 2.07. The average molecular weight is 244 g/mol. The van der Waals surface area contributed by atoms with Gasteiger partial charge in [-0.2, -0.15) is 0 Å². The molecule has 0 radical (unpaired) electrons. The molecule has 0 fully saturated rings. The van der Waals surface area contributed by atoms with Gasteiger partial charge in [0.25, 0.3) is 0 Å². The fourth-order valence-corrected chi connectivity index (χ4v) is 1.94. The van der Waals surface area contributed by atoms with Crippen LogP contribution in [0.25, 0.3) is 11.1 Å². The Hall–Kier alpha value is -1.74. The Morgan fingerprint density at radius 2 is 1.89 bits per heavy atom. The summed E-state index contributed by atoms with van der Waals surface area (Å²) >= 11 is 0. The van der Waals surface area contributed by atoms with Crippen molar-refractivity contribution < 1.29 is 4.39 Å². The lowest BCUT2D eigenvalue weighted by molar-refractivity contribution is 0.628. The molecule has 1 unspecified atom stereocenters. The van der Waals surface area contributed by atoms with Crippen molar-refractivity contribution in [1.29, 1.82) is 0 Å². The van der Waals surface area contributed by atoms with Gasteiger partial charge in [-0.05, 0) is 48.2 Å². The van der Waals surface area contributed by atoms with Crippen molar-refractivity contribution in [1.82, 2.24) is 4.98 Å². The highest BCUT2D eigenvalue weighted by atomic mass is 19.1. The van der Waals surface area contributed by atoms with Gasteiger partial charge in [0.15, 0.2) is 0 Å². The van der Waals surface area contributed by atoms with Crippen molar-refractivity contribution in [2.75, 3.05) is 6.54 Å². The van der Waals surface area contributed by atoms with E-state index in [-0.39, 0.29) is 5.82 Å². The summed E-state index contributed by atoms with van der Waals surface area (Å²) in [5, 5.41) is 0. The van der Waals surface area contributed by atoms with E-state index in [1.807, 2.05) is 6.20 Å². The standard InChI is InChI=1S/C15H17FN2/c1-11(6-7-17)13-8-14(10-18-9-13)12-2-4-15(16)5-3-12/h2-5,8-11H,6-7,17H2,1H3. The molecule has 1 heterocycles. The van der Waals surface area contributed by atoms with Crippen LogP contribution in [0.5, 0.6) is 0 Å². The van der Waals surface area contributed by atoms with Crippen LogP contribution in [0.3, 0.4) is 0 Å². The molecule has 0 saturated heterocycles. The van der Waals surface area contributed by atoms with E-state index in [1.54, 1.807) is 18.3 Å². The minimum Gasteiger partial charge on any atom is -0.330 e. The van der Waals surface area contributed by atoms with Crippen molar-refractivity contribution in [3.8, 4) is 11.1 Å². The van der Waals surface area contributed by atoms with Crippen LogP contribution in [0.1, 0.15) is 24.8 Å². The van der Waals surface area contributed by atoms with E-state index in [4.69, 9.17) is 5.73 Å². The first-order chi connectivity index (χ1) is 8.70. The predicted molar refractivity (Wildman–Crippen MR) is 71.7 cm³/mol. The molecule has 3 heteroatoms. The van der Waals surface area contributed by atoms with Crippen LogP contribution >= 0.6 is 0 Å². The first-order valence-electron chi connectivity index (χ1n) is 6.11. The van der Waals surface area contributed by atoms with Gasteiger partial charge in [0.2, 0.25) is 0 Å². The van der Waals surface area contributed by atoms with Gasteiger partial charge >= 0.3 is 0 Å². The number of rotatable bonds is 4. The molecule has 1 atom stereocenters. The molecule has 18 heavy (non-hydrogen) atoms. The van der Waals surface area contributed by atoms with Crippen molar-refractivity contribution in [2.24, 2.45) is 5.73 Å². The van der Waals surface area contributed by atoms with Crippen LogP contribution in [0.4, 0.5) is 4.39 Å². The molecule has 0 amide bonds. The average Bonchev–Trinajstić information content (AvgIpc) is 2.40. The summed E-state index contributed by atoms with van der Waals surface area (Å²) < 4.78 is 12.9. The summed E-state index contributed by atoms with van der Waals surface area (Å²) in [5.74, 6) is 0.169. The Morgan fingerprint density at radius 1 is 1.17 bits per heavy atom. The zero-order valence-electron chi connectivity index (χ0n) is 10.4. The second-order valence-corrected chi connectivity index (χ2v) is 4.49. The lowest BCUT2D eigenvalue weighted by Crippen LogP contribution is -2.04. The topological polar surface area (TPSA) is 38.9 Å². The van der Waals surface area contributed by atoms with Crippen LogP contribution in [-0.4, -0.2) is 11.5 Å². The molecular weight excluding hydrogens is 227 g/mol. The molecule has 2 nitrogen and oxygen atoms in total. The lowest BCUT2D eigenvalue weighted by Gasteiger charge is -2.11. The maximum Gasteiger partial charge on any atom is 0.123 e. The number of hydrogen-bond acceptors (Lipinski definition) is 2. The smallest absolute Gasteiger partial charge is 0.123 e. The van der Waals surface area contributed by atoms with Crippen LogP contribution < -0.4 is 5.73 Å². The molecule has 1 aromatic carbocycles. The number of benzene rings is 1. The highest BCUT2D eigenvalue weighted by Crippen LogP contribution is 2.24. The van der Waals surface area contributed by atoms with Gasteiger partial charge in [-0.3, -0.25) is 4.98 Å². The summed E-state index contributed by atoms with van der Waals surface area (Å²) in [6, 6.07) is 8.56. The monoisotopic (exact) mass is 244 g/mol. The third-order valence-corrected chi connectivity index (χ3v) is 3.11. The maximum atomic E-state index is 12.9. The van der Waals surface area contributed by atoms with E-state index in [1.165, 1.54) is 17.7 Å². The second kappa shape index (κ2) is 5.74. The van der Waals surface area contributed by atoms with Gasteiger partial charge in [0.05, 0.1) is 0 Å². The third-order valence-electron chi connectivity index (χ3n) is 3.11. The molecular formula is C15H17FN2. The van der Waals surface area contributed by atoms with Gasteiger partial charge in [0.1, 0.15) is 5.82 Å². The van der Waals surface area contributed by atoms with Crippen molar-refractivity contribution in [2.45, 2.75) is 19.3 Å². The van der Waals surface area contributed by atoms with Gasteiger partial charge in [-0.1, -0.05) is 19.1 Å². The fourth-order valence-electron chi connectivity index (χ4n) is 1.94. The number of aromatic nitrogens is 1. The van der Waals surface area contributed by atoms with Gasteiger partial charge in [-0.15, -0.1) is 0 Å². The maximum absolute atomic E-state index is 12.9. The van der Waals surface area contributed by atoms with E-state index < -0.39 is 0 Å². The first kappa shape index (κ1) is 12.7. The highest BCUT2D eigenvalue weighted by molar-refractivity contribution is 5.63. The number of nitrogens with two attached hydrogens (primary N) is 1. The number of pyridine rings is 1. The lowest BCUT2D eigenvalue weighted by atomic mass is 9.96. The minimum atomic E-state index is -0.223. The molecule has 0 aliphatic carbocycles. The quantitative estimate of drug-likeness (QED) is 0.895. The van der Waals surface area contributed by atoms with Crippen molar-refractivity contribution in [3.05, 3.63) is 54.1 Å². The van der Waals surface area contributed by atoms with Crippen molar-refractivity contribution >= 4 is 0 Å². The van der Waals surface area contributed by atoms with E-state index in [9.17, 15) is 4.39 Å². The third kappa shape index (κ3) is 2.93. The molecule has 1 aromatic heterocycles. The summed E-state index contributed by atoms with van der Waals surface area (Å²) in [6.07, 6.45) is 4.60. The number of hydrogen-bond donors (Lipinski definition) is 1. The van der Waals surface area contributed by atoms with Crippen LogP contribution in [0.15, 0.2) is 42.7 Å². The Morgan fingerprint density at radius 3 is 2.56 bits per heavy atom. The Labute approximate surface area is 107 Å². The Balaban J connectivity index is 2.29. The van der Waals surface area contributed by atoms with Crippen LogP contribution in [0.2, 0.25) is 0 Å². The largest absolute Gasteiger partial charge is 0.330 e. The molecule has 0 spiro atoms. The SMILES string of the molecule is CC(CCN)c1cncc(-c2ccc(F)cc2)c1. The molecule has 94 valence electrons. The van der Waals surface area contributed by atoms with E-state index in [0.717, 1.165) is 17.5 Å². The summed E-state index contributed by atoms with van der Waals surface area (Å²) in [4.78, 5) is 4.25. The molecule has 0 aliphatic heterocycles. The Bertz CT molecular complexity index is 508. The van der Waals surface area contributed by atoms with Crippen LogP contribution in [0, 0.1) is 5.82 Å². The number of nitrogens with zero attached hydrogens (tertiary/aromatic N) is 1. The zero-order valence-corrected chi connectivity index (χ0v) is 10.4. The molecule has 2 N–H and O–H groups in total. The normalized spacial score (nSPS) is 12.4. The molecule has 2 aromatic rings. The summed E-state index contributed by atoms with van der Waals surface area (Å²) in [5.41, 5.74) is 8.73. The van der Waals surface area contributed by atoms with E-state index in [0.29, 0.717) is 12.5 Å². The van der Waals surface area contributed by atoms with Crippen LogP contribution in [-0.2, 0) is 0 Å². The number of halogens is 1. The Kier molecular flexibility index (Phi) is 4.05. The molecule has 0 saturated carbocycles. The van der Waals surface area contributed by atoms with E-state index >= 15 is 0 Å². The zero-order chi connectivity index (χ0) is 13.0. The van der Waals surface area contributed by atoms with Gasteiger partial charge in [-0.25, -0.2) is 4.39 Å². The fraction of sp³-hybridized carbons (Fsp3) is 0.267. The van der Waals surface area contributed by atoms with Gasteiger partial charge in [0, 0.05) is 18.0 Å². The van der Waals surface area contributed by atoms with E-state index in [2.05, 4.69) is 18.0 Å². The second-order valence-electron chi connectivity index (χ2n) is 4.49. The minimum absolute atomic E-state index is 0.223.